The summed E-state index contributed by atoms with van der Waals surface area (Å²) in [7, 11) is 1.69. The van der Waals surface area contributed by atoms with Crippen molar-refractivity contribution in [1.29, 1.82) is 0 Å². The lowest BCUT2D eigenvalue weighted by atomic mass is 9.75. The Morgan fingerprint density at radius 1 is 1.41 bits per heavy atom. The molecule has 1 saturated carbocycles. The fraction of sp³-hybridized carbons (Fsp3) is 0.571. The van der Waals surface area contributed by atoms with Crippen LogP contribution in [0.25, 0.3) is 0 Å². The van der Waals surface area contributed by atoms with Crippen LogP contribution in [0.15, 0.2) is 22.7 Å². The summed E-state index contributed by atoms with van der Waals surface area (Å²) in [6.45, 7) is 3.21. The molecule has 0 unspecified atom stereocenters. The van der Waals surface area contributed by atoms with Gasteiger partial charge >= 0.3 is 0 Å². The average molecular weight is 298 g/mol. The van der Waals surface area contributed by atoms with Crippen molar-refractivity contribution in [2.75, 3.05) is 7.11 Å². The summed E-state index contributed by atoms with van der Waals surface area (Å²) in [5.41, 5.74) is 1.71. The van der Waals surface area contributed by atoms with Crippen molar-refractivity contribution < 1.29 is 4.74 Å². The third-order valence-electron chi connectivity index (χ3n) is 3.87. The molecule has 2 nitrogen and oxygen atoms in total. The molecule has 1 N–H and O–H groups in total. The highest BCUT2D eigenvalue weighted by Gasteiger charge is 2.34. The number of halogens is 1. The lowest BCUT2D eigenvalue weighted by Crippen LogP contribution is -2.49. The summed E-state index contributed by atoms with van der Waals surface area (Å²) in [5, 5.41) is 3.70. The third kappa shape index (κ3) is 2.83. The Labute approximate surface area is 112 Å². The molecule has 1 aliphatic carbocycles. The summed E-state index contributed by atoms with van der Waals surface area (Å²) >= 11 is 3.52. The third-order valence-corrected chi connectivity index (χ3v) is 4.49. The van der Waals surface area contributed by atoms with Crippen molar-refractivity contribution in [1.82, 2.24) is 5.32 Å². The molecular formula is C14H20BrNO. The summed E-state index contributed by atoms with van der Waals surface area (Å²) in [5.74, 6) is 0.891. The molecule has 1 aromatic rings. The quantitative estimate of drug-likeness (QED) is 0.890. The molecule has 0 radical (unpaired) electrons. The first-order valence-corrected chi connectivity index (χ1v) is 7.06. The van der Waals surface area contributed by atoms with E-state index < -0.39 is 0 Å². The number of nitrogens with one attached hydrogen (secondary N) is 1. The predicted molar refractivity (Wildman–Crippen MR) is 74.4 cm³/mol. The highest BCUT2D eigenvalue weighted by Crippen LogP contribution is 2.35. The maximum atomic E-state index is 5.23. The highest BCUT2D eigenvalue weighted by molar-refractivity contribution is 9.10. The highest BCUT2D eigenvalue weighted by atomic mass is 79.9. The number of benzene rings is 1. The van der Waals surface area contributed by atoms with Gasteiger partial charge in [0.2, 0.25) is 0 Å². The zero-order valence-corrected chi connectivity index (χ0v) is 12.1. The van der Waals surface area contributed by atoms with Crippen molar-refractivity contribution >= 4 is 15.9 Å². The fourth-order valence-electron chi connectivity index (χ4n) is 2.37. The minimum atomic E-state index is 0.409. The van der Waals surface area contributed by atoms with E-state index in [4.69, 9.17) is 4.74 Å². The van der Waals surface area contributed by atoms with Crippen LogP contribution in [0.1, 0.15) is 38.2 Å². The van der Waals surface area contributed by atoms with Crippen molar-refractivity contribution in [3.05, 3.63) is 28.2 Å². The molecule has 0 spiro atoms. The Balaban J connectivity index is 1.97. The van der Waals surface area contributed by atoms with Crippen LogP contribution < -0.4 is 10.1 Å². The van der Waals surface area contributed by atoms with Crippen LogP contribution in [0.2, 0.25) is 0 Å². The van der Waals surface area contributed by atoms with E-state index >= 15 is 0 Å². The Kier molecular flexibility index (Phi) is 4.10. The summed E-state index contributed by atoms with van der Waals surface area (Å²) in [4.78, 5) is 0. The number of methoxy groups -OCH3 is 1. The van der Waals surface area contributed by atoms with E-state index in [9.17, 15) is 0 Å². The van der Waals surface area contributed by atoms with E-state index in [0.717, 1.165) is 16.8 Å². The molecule has 2 rings (SSSR count). The molecule has 3 heteroatoms. The normalized spacial score (nSPS) is 17.6. The summed E-state index contributed by atoms with van der Waals surface area (Å²) in [6, 6.07) is 6.27. The van der Waals surface area contributed by atoms with Crippen molar-refractivity contribution in [2.24, 2.45) is 0 Å². The smallest absolute Gasteiger partial charge is 0.133 e. The van der Waals surface area contributed by atoms with E-state index in [1.807, 2.05) is 6.07 Å². The van der Waals surface area contributed by atoms with E-state index in [1.54, 1.807) is 7.11 Å². The van der Waals surface area contributed by atoms with Crippen LogP contribution in [-0.4, -0.2) is 12.6 Å². The van der Waals surface area contributed by atoms with Gasteiger partial charge in [-0.3, -0.25) is 0 Å². The van der Waals surface area contributed by atoms with Crippen molar-refractivity contribution in [2.45, 2.75) is 44.7 Å². The van der Waals surface area contributed by atoms with Crippen LogP contribution >= 0.6 is 15.9 Å². The molecule has 1 aliphatic rings. The maximum absolute atomic E-state index is 5.23. The SMILES string of the molecule is CCC1(NCc2ccc(OC)c(Br)c2)CCC1. The van der Waals surface area contributed by atoms with Crippen molar-refractivity contribution in [3.63, 3.8) is 0 Å². The molecule has 1 aromatic carbocycles. The van der Waals surface area contributed by atoms with Gasteiger partial charge in [-0.2, -0.15) is 0 Å². The largest absolute Gasteiger partial charge is 0.496 e. The summed E-state index contributed by atoms with van der Waals surface area (Å²) in [6.07, 6.45) is 5.24. The topological polar surface area (TPSA) is 21.3 Å². The molecule has 0 aliphatic heterocycles. The lowest BCUT2D eigenvalue weighted by molar-refractivity contribution is 0.175. The van der Waals surface area contributed by atoms with Gasteiger partial charge in [0.15, 0.2) is 0 Å². The van der Waals surface area contributed by atoms with Crippen LogP contribution in [0.3, 0.4) is 0 Å². The number of rotatable bonds is 5. The van der Waals surface area contributed by atoms with Gasteiger partial charge in [0.25, 0.3) is 0 Å². The van der Waals surface area contributed by atoms with Crippen LogP contribution in [-0.2, 0) is 6.54 Å². The first kappa shape index (κ1) is 12.9. The first-order chi connectivity index (χ1) is 8.19. The summed E-state index contributed by atoms with van der Waals surface area (Å²) < 4.78 is 6.26. The van der Waals surface area contributed by atoms with E-state index in [0.29, 0.717) is 5.54 Å². The second kappa shape index (κ2) is 5.40. The molecule has 0 atom stereocenters. The molecule has 0 amide bonds. The molecule has 17 heavy (non-hydrogen) atoms. The molecule has 94 valence electrons. The van der Waals surface area contributed by atoms with E-state index in [1.165, 1.54) is 31.2 Å². The van der Waals surface area contributed by atoms with Crippen LogP contribution in [0, 0.1) is 0 Å². The van der Waals surface area contributed by atoms with Gasteiger partial charge in [-0.05, 0) is 59.3 Å². The second-order valence-corrected chi connectivity index (χ2v) is 5.66. The molecule has 0 saturated heterocycles. The Morgan fingerprint density at radius 2 is 2.18 bits per heavy atom. The van der Waals surface area contributed by atoms with Crippen LogP contribution in [0.4, 0.5) is 0 Å². The van der Waals surface area contributed by atoms with Gasteiger partial charge in [-0.25, -0.2) is 0 Å². The van der Waals surface area contributed by atoms with E-state index in [2.05, 4.69) is 40.3 Å². The average Bonchev–Trinajstić information content (AvgIpc) is 2.28. The maximum Gasteiger partial charge on any atom is 0.133 e. The minimum absolute atomic E-state index is 0.409. The predicted octanol–water partition coefficient (Wildman–Crippen LogP) is 3.88. The Bertz CT molecular complexity index is 382. The molecular weight excluding hydrogens is 278 g/mol. The number of ether oxygens (including phenoxy) is 1. The Morgan fingerprint density at radius 3 is 2.65 bits per heavy atom. The van der Waals surface area contributed by atoms with Gasteiger partial charge in [0.1, 0.15) is 5.75 Å². The standard InChI is InChI=1S/C14H20BrNO/c1-3-14(7-4-8-14)16-10-11-5-6-13(17-2)12(15)9-11/h5-6,9,16H,3-4,7-8,10H2,1-2H3. The van der Waals surface area contributed by atoms with Gasteiger partial charge in [0, 0.05) is 12.1 Å². The molecule has 0 heterocycles. The first-order valence-electron chi connectivity index (χ1n) is 6.26. The van der Waals surface area contributed by atoms with Gasteiger partial charge in [-0.15, -0.1) is 0 Å². The van der Waals surface area contributed by atoms with E-state index in [-0.39, 0.29) is 0 Å². The number of hydrogen-bond acceptors (Lipinski definition) is 2. The van der Waals surface area contributed by atoms with Crippen LogP contribution in [0.5, 0.6) is 5.75 Å². The molecule has 0 aromatic heterocycles. The molecule has 0 bridgehead atoms. The fourth-order valence-corrected chi connectivity index (χ4v) is 2.96. The zero-order chi connectivity index (χ0) is 12.3. The molecule has 1 fully saturated rings. The number of hydrogen-bond donors (Lipinski definition) is 1. The van der Waals surface area contributed by atoms with Gasteiger partial charge in [-0.1, -0.05) is 13.0 Å². The Hall–Kier alpha value is -0.540. The van der Waals surface area contributed by atoms with Gasteiger partial charge in [0.05, 0.1) is 11.6 Å². The van der Waals surface area contributed by atoms with Gasteiger partial charge < -0.3 is 10.1 Å². The van der Waals surface area contributed by atoms with Crippen molar-refractivity contribution in [3.8, 4) is 5.75 Å². The monoisotopic (exact) mass is 297 g/mol. The minimum Gasteiger partial charge on any atom is -0.496 e. The lowest BCUT2D eigenvalue weighted by Gasteiger charge is -2.42. The zero-order valence-electron chi connectivity index (χ0n) is 10.6. The second-order valence-electron chi connectivity index (χ2n) is 4.81.